The van der Waals surface area contributed by atoms with Crippen molar-refractivity contribution < 1.29 is 8.78 Å². The number of hydrogen-bond acceptors (Lipinski definition) is 1. The van der Waals surface area contributed by atoms with Crippen LogP contribution in [0.2, 0.25) is 0 Å². The van der Waals surface area contributed by atoms with Gasteiger partial charge in [-0.2, -0.15) is 0 Å². The molecular formula is C12H15F2N. The minimum Gasteiger partial charge on any atom is -0.321 e. The zero-order valence-corrected chi connectivity index (χ0v) is 8.55. The number of hydrogen-bond donors (Lipinski definition) is 1. The van der Waals surface area contributed by atoms with Crippen molar-refractivity contribution in [2.75, 3.05) is 0 Å². The highest BCUT2D eigenvalue weighted by molar-refractivity contribution is 5.31. The minimum absolute atomic E-state index is 0.177. The summed E-state index contributed by atoms with van der Waals surface area (Å²) in [4.78, 5) is 0. The van der Waals surface area contributed by atoms with Crippen LogP contribution < -0.4 is 5.73 Å². The summed E-state index contributed by atoms with van der Waals surface area (Å²) in [5.74, 6) is 0. The van der Waals surface area contributed by atoms with Crippen LogP contribution in [0, 0.1) is 0 Å². The molecule has 0 aliphatic heterocycles. The second kappa shape index (κ2) is 3.89. The van der Waals surface area contributed by atoms with E-state index in [1.165, 1.54) is 0 Å². The fourth-order valence-corrected chi connectivity index (χ4v) is 2.03. The van der Waals surface area contributed by atoms with Crippen LogP contribution in [-0.4, -0.2) is 6.43 Å². The number of alkyl halides is 2. The van der Waals surface area contributed by atoms with E-state index in [4.69, 9.17) is 5.73 Å². The average Bonchev–Trinajstić information content (AvgIpc) is 2.13. The third-order valence-electron chi connectivity index (χ3n) is 3.14. The highest BCUT2D eigenvalue weighted by Crippen LogP contribution is 2.38. The molecule has 0 bridgehead atoms. The van der Waals surface area contributed by atoms with Gasteiger partial charge in [0, 0.05) is 12.0 Å². The van der Waals surface area contributed by atoms with E-state index in [2.05, 4.69) is 0 Å². The smallest absolute Gasteiger partial charge is 0.242 e. The van der Waals surface area contributed by atoms with Gasteiger partial charge in [-0.05, 0) is 30.4 Å². The molecule has 1 saturated carbocycles. The lowest BCUT2D eigenvalue weighted by atomic mass is 9.72. The summed E-state index contributed by atoms with van der Waals surface area (Å²) in [5.41, 5.74) is 7.57. The number of nitrogens with two attached hydrogens (primary N) is 1. The summed E-state index contributed by atoms with van der Waals surface area (Å²) >= 11 is 0. The Morgan fingerprint density at radius 3 is 2.60 bits per heavy atom. The molecule has 15 heavy (non-hydrogen) atoms. The van der Waals surface area contributed by atoms with Gasteiger partial charge in [-0.15, -0.1) is 0 Å². The topological polar surface area (TPSA) is 26.0 Å². The Hall–Kier alpha value is -0.960. The minimum atomic E-state index is -2.28. The molecule has 1 fully saturated rings. The van der Waals surface area contributed by atoms with Gasteiger partial charge in [0.25, 0.3) is 0 Å². The predicted octanol–water partition coefficient (Wildman–Crippen LogP) is 2.83. The Morgan fingerprint density at radius 1 is 1.33 bits per heavy atom. The van der Waals surface area contributed by atoms with E-state index >= 15 is 0 Å². The van der Waals surface area contributed by atoms with Crippen LogP contribution in [-0.2, 0) is 12.0 Å². The lowest BCUT2D eigenvalue weighted by molar-refractivity contribution is 0.149. The van der Waals surface area contributed by atoms with Gasteiger partial charge in [0.1, 0.15) is 0 Å². The van der Waals surface area contributed by atoms with E-state index in [1.54, 1.807) is 6.07 Å². The molecule has 0 radical (unpaired) electrons. The van der Waals surface area contributed by atoms with Gasteiger partial charge in [0.2, 0.25) is 6.43 Å². The molecule has 0 heterocycles. The Morgan fingerprint density at radius 2 is 2.07 bits per heavy atom. The van der Waals surface area contributed by atoms with Crippen LogP contribution in [0.5, 0.6) is 0 Å². The zero-order valence-electron chi connectivity index (χ0n) is 8.55. The van der Waals surface area contributed by atoms with Gasteiger partial charge in [-0.1, -0.05) is 24.3 Å². The van der Waals surface area contributed by atoms with Crippen LogP contribution >= 0.6 is 0 Å². The van der Waals surface area contributed by atoms with Crippen molar-refractivity contribution in [3.63, 3.8) is 0 Å². The van der Waals surface area contributed by atoms with E-state index in [9.17, 15) is 8.78 Å². The Balaban J connectivity index is 2.19. The molecule has 0 atom stereocenters. The zero-order chi connectivity index (χ0) is 10.9. The van der Waals surface area contributed by atoms with Crippen LogP contribution in [0.3, 0.4) is 0 Å². The van der Waals surface area contributed by atoms with Crippen molar-refractivity contribution in [3.05, 3.63) is 35.4 Å². The molecule has 0 amide bonds. The summed E-state index contributed by atoms with van der Waals surface area (Å²) in [6, 6.07) is 7.32. The molecule has 2 rings (SSSR count). The quantitative estimate of drug-likeness (QED) is 0.817. The number of halogens is 2. The fourth-order valence-electron chi connectivity index (χ4n) is 2.03. The molecule has 1 aromatic rings. The SMILES string of the molecule is NC1(c2cccc(CC(F)F)c2)CCC1. The molecule has 3 heteroatoms. The van der Waals surface area contributed by atoms with E-state index in [1.807, 2.05) is 18.2 Å². The van der Waals surface area contributed by atoms with Crippen LogP contribution in [0.1, 0.15) is 30.4 Å². The normalized spacial score (nSPS) is 18.9. The second-order valence-electron chi connectivity index (χ2n) is 4.31. The summed E-state index contributed by atoms with van der Waals surface area (Å²) in [6.45, 7) is 0. The highest BCUT2D eigenvalue weighted by atomic mass is 19.3. The Bertz CT molecular complexity index is 345. The number of benzene rings is 1. The Kier molecular flexibility index (Phi) is 2.74. The van der Waals surface area contributed by atoms with Crippen LogP contribution in [0.25, 0.3) is 0 Å². The molecule has 1 aliphatic carbocycles. The largest absolute Gasteiger partial charge is 0.321 e. The monoisotopic (exact) mass is 211 g/mol. The van der Waals surface area contributed by atoms with Gasteiger partial charge >= 0.3 is 0 Å². The predicted molar refractivity (Wildman–Crippen MR) is 55.9 cm³/mol. The third-order valence-corrected chi connectivity index (χ3v) is 3.14. The van der Waals surface area contributed by atoms with E-state index in [0.717, 1.165) is 24.8 Å². The molecular weight excluding hydrogens is 196 g/mol. The van der Waals surface area contributed by atoms with Crippen molar-refractivity contribution in [3.8, 4) is 0 Å². The van der Waals surface area contributed by atoms with Crippen molar-refractivity contribution >= 4 is 0 Å². The van der Waals surface area contributed by atoms with Crippen LogP contribution in [0.4, 0.5) is 8.78 Å². The first kappa shape index (κ1) is 10.6. The first-order chi connectivity index (χ1) is 7.10. The van der Waals surface area contributed by atoms with E-state index < -0.39 is 6.43 Å². The average molecular weight is 211 g/mol. The van der Waals surface area contributed by atoms with Crippen LogP contribution in [0.15, 0.2) is 24.3 Å². The fraction of sp³-hybridized carbons (Fsp3) is 0.500. The van der Waals surface area contributed by atoms with Gasteiger partial charge in [0.05, 0.1) is 0 Å². The maximum atomic E-state index is 12.2. The van der Waals surface area contributed by atoms with Gasteiger partial charge in [-0.25, -0.2) is 8.78 Å². The van der Waals surface area contributed by atoms with Gasteiger partial charge in [0.15, 0.2) is 0 Å². The van der Waals surface area contributed by atoms with Crippen molar-refractivity contribution in [1.82, 2.24) is 0 Å². The summed E-state index contributed by atoms with van der Waals surface area (Å²) < 4.78 is 24.4. The Labute approximate surface area is 88.3 Å². The molecule has 2 N–H and O–H groups in total. The molecule has 0 saturated heterocycles. The molecule has 1 aromatic carbocycles. The number of rotatable bonds is 3. The maximum absolute atomic E-state index is 12.2. The highest BCUT2D eigenvalue weighted by Gasteiger charge is 2.34. The molecule has 1 nitrogen and oxygen atoms in total. The molecule has 0 unspecified atom stereocenters. The molecule has 0 spiro atoms. The van der Waals surface area contributed by atoms with Crippen molar-refractivity contribution in [2.24, 2.45) is 5.73 Å². The molecule has 0 aromatic heterocycles. The third kappa shape index (κ3) is 2.17. The first-order valence-electron chi connectivity index (χ1n) is 5.27. The first-order valence-corrected chi connectivity index (χ1v) is 5.27. The van der Waals surface area contributed by atoms with E-state index in [0.29, 0.717) is 5.56 Å². The van der Waals surface area contributed by atoms with Crippen molar-refractivity contribution in [2.45, 2.75) is 37.6 Å². The van der Waals surface area contributed by atoms with Crippen molar-refractivity contribution in [1.29, 1.82) is 0 Å². The standard InChI is InChI=1S/C12H15F2N/c13-11(14)8-9-3-1-4-10(7-9)12(15)5-2-6-12/h1,3-4,7,11H,2,5-6,8,15H2. The van der Waals surface area contributed by atoms with Gasteiger partial charge in [-0.3, -0.25) is 0 Å². The molecule has 1 aliphatic rings. The van der Waals surface area contributed by atoms with Gasteiger partial charge < -0.3 is 5.73 Å². The maximum Gasteiger partial charge on any atom is 0.242 e. The summed E-state index contributed by atoms with van der Waals surface area (Å²) in [6.07, 6.45) is 0.603. The lowest BCUT2D eigenvalue weighted by Gasteiger charge is -2.38. The van der Waals surface area contributed by atoms with E-state index in [-0.39, 0.29) is 12.0 Å². The lowest BCUT2D eigenvalue weighted by Crippen LogP contribution is -2.43. The summed E-state index contributed by atoms with van der Waals surface area (Å²) in [5, 5.41) is 0. The molecule has 82 valence electrons. The second-order valence-corrected chi connectivity index (χ2v) is 4.31. The summed E-state index contributed by atoms with van der Waals surface area (Å²) in [7, 11) is 0.